The zero-order valence-corrected chi connectivity index (χ0v) is 16.0. The van der Waals surface area contributed by atoms with E-state index in [1.807, 2.05) is 30.3 Å². The minimum absolute atomic E-state index is 0.0585. The number of nitrogens with zero attached hydrogens (tertiary/aromatic N) is 5. The number of benzene rings is 2. The summed E-state index contributed by atoms with van der Waals surface area (Å²) in [7, 11) is 1.71. The number of aromatic nitrogens is 4. The van der Waals surface area contributed by atoms with Gasteiger partial charge in [0.25, 0.3) is 11.2 Å². The van der Waals surface area contributed by atoms with Crippen LogP contribution in [-0.4, -0.2) is 31.7 Å². The summed E-state index contributed by atoms with van der Waals surface area (Å²) >= 11 is 6.19. The molecule has 2 aromatic heterocycles. The predicted octanol–water partition coefficient (Wildman–Crippen LogP) is 3.31. The van der Waals surface area contributed by atoms with E-state index >= 15 is 0 Å². The second-order valence-electron chi connectivity index (χ2n) is 6.41. The van der Waals surface area contributed by atoms with Gasteiger partial charge in [0.15, 0.2) is 5.65 Å². The molecule has 29 heavy (non-hydrogen) atoms. The molecule has 2 aromatic carbocycles. The third-order valence-corrected chi connectivity index (χ3v) is 4.80. The third kappa shape index (κ3) is 3.55. The van der Waals surface area contributed by atoms with Crippen LogP contribution in [0.25, 0.3) is 16.7 Å². The van der Waals surface area contributed by atoms with Crippen LogP contribution in [-0.2, 0) is 6.54 Å². The molecule has 9 nitrogen and oxygen atoms in total. The molecular weight excluding hydrogens is 396 g/mol. The summed E-state index contributed by atoms with van der Waals surface area (Å²) in [4.78, 5) is 32.0. The Bertz CT molecular complexity index is 1270. The topological polar surface area (TPSA) is 110 Å². The first kappa shape index (κ1) is 18.6. The number of fused-ring (bicyclic) bond motifs is 1. The number of hydrogen-bond acceptors (Lipinski definition) is 6. The van der Waals surface area contributed by atoms with E-state index in [9.17, 15) is 14.9 Å². The lowest BCUT2D eigenvalue weighted by molar-refractivity contribution is -0.384. The first-order chi connectivity index (χ1) is 13.9. The highest BCUT2D eigenvalue weighted by atomic mass is 35.5. The van der Waals surface area contributed by atoms with E-state index in [0.717, 1.165) is 5.69 Å². The minimum Gasteiger partial charge on any atom is -0.341 e. The van der Waals surface area contributed by atoms with Gasteiger partial charge in [-0.2, -0.15) is 10.1 Å². The highest BCUT2D eigenvalue weighted by molar-refractivity contribution is 6.31. The van der Waals surface area contributed by atoms with E-state index in [1.165, 1.54) is 24.4 Å². The van der Waals surface area contributed by atoms with E-state index in [2.05, 4.69) is 15.1 Å². The van der Waals surface area contributed by atoms with Gasteiger partial charge in [0, 0.05) is 30.7 Å². The van der Waals surface area contributed by atoms with Crippen LogP contribution in [0, 0.1) is 10.1 Å². The van der Waals surface area contributed by atoms with Crippen LogP contribution < -0.4 is 10.5 Å². The largest absolute Gasteiger partial charge is 0.341 e. The van der Waals surface area contributed by atoms with E-state index in [-0.39, 0.29) is 17.8 Å². The zero-order valence-electron chi connectivity index (χ0n) is 15.2. The fourth-order valence-corrected chi connectivity index (χ4v) is 3.15. The number of nitro benzene ring substituents is 1. The number of aromatic amines is 1. The maximum Gasteiger partial charge on any atom is 0.269 e. The number of nitro groups is 1. The van der Waals surface area contributed by atoms with Gasteiger partial charge in [-0.25, -0.2) is 4.68 Å². The quantitative estimate of drug-likeness (QED) is 0.399. The average Bonchev–Trinajstić information content (AvgIpc) is 3.14. The number of nitrogens with one attached hydrogen (secondary N) is 1. The van der Waals surface area contributed by atoms with Crippen LogP contribution >= 0.6 is 11.6 Å². The molecule has 146 valence electrons. The van der Waals surface area contributed by atoms with Crippen molar-refractivity contribution < 1.29 is 4.92 Å². The summed E-state index contributed by atoms with van der Waals surface area (Å²) in [6.07, 6.45) is 1.47. The van der Waals surface area contributed by atoms with Gasteiger partial charge in [-0.1, -0.05) is 29.8 Å². The fourth-order valence-electron chi connectivity index (χ4n) is 2.97. The lowest BCUT2D eigenvalue weighted by atomic mass is 10.2. The maximum atomic E-state index is 12.5. The smallest absolute Gasteiger partial charge is 0.269 e. The van der Waals surface area contributed by atoms with Crippen LogP contribution in [0.2, 0.25) is 5.02 Å². The van der Waals surface area contributed by atoms with Crippen molar-refractivity contribution in [3.63, 3.8) is 0 Å². The number of hydrogen-bond donors (Lipinski definition) is 1. The SMILES string of the molecule is CN(Cc1cc([N+](=O)[O-])ccc1Cl)c1nc2c(cnn2-c2ccccc2)c(=O)[nH]1. The highest BCUT2D eigenvalue weighted by Crippen LogP contribution is 2.24. The molecule has 2 heterocycles. The molecule has 1 N–H and O–H groups in total. The van der Waals surface area contributed by atoms with E-state index < -0.39 is 4.92 Å². The predicted molar refractivity (Wildman–Crippen MR) is 110 cm³/mol. The Kier molecular flexibility index (Phi) is 4.73. The Morgan fingerprint density at radius 1 is 1.24 bits per heavy atom. The van der Waals surface area contributed by atoms with Crippen molar-refractivity contribution >= 4 is 34.3 Å². The van der Waals surface area contributed by atoms with Gasteiger partial charge in [-0.15, -0.1) is 0 Å². The van der Waals surface area contributed by atoms with Crippen LogP contribution in [0.4, 0.5) is 11.6 Å². The van der Waals surface area contributed by atoms with Crippen molar-refractivity contribution in [2.24, 2.45) is 0 Å². The van der Waals surface area contributed by atoms with Crippen LogP contribution in [0.3, 0.4) is 0 Å². The number of halogens is 1. The monoisotopic (exact) mass is 410 g/mol. The van der Waals surface area contributed by atoms with Crippen molar-refractivity contribution in [1.82, 2.24) is 19.7 Å². The number of para-hydroxylation sites is 1. The highest BCUT2D eigenvalue weighted by Gasteiger charge is 2.16. The Hall–Kier alpha value is -3.72. The molecule has 0 aliphatic heterocycles. The van der Waals surface area contributed by atoms with Crippen LogP contribution in [0.5, 0.6) is 0 Å². The lowest BCUT2D eigenvalue weighted by Gasteiger charge is -2.18. The minimum atomic E-state index is -0.482. The van der Waals surface area contributed by atoms with Crippen LogP contribution in [0.1, 0.15) is 5.56 Å². The average molecular weight is 411 g/mol. The molecule has 0 amide bonds. The van der Waals surface area contributed by atoms with E-state index in [4.69, 9.17) is 11.6 Å². The lowest BCUT2D eigenvalue weighted by Crippen LogP contribution is -2.23. The molecule has 0 fully saturated rings. The Morgan fingerprint density at radius 2 is 2.00 bits per heavy atom. The molecule has 0 atom stereocenters. The van der Waals surface area contributed by atoms with Crippen molar-refractivity contribution in [2.45, 2.75) is 6.54 Å². The molecule has 0 bridgehead atoms. The van der Waals surface area contributed by atoms with Gasteiger partial charge >= 0.3 is 0 Å². The number of anilines is 1. The molecule has 0 aliphatic rings. The van der Waals surface area contributed by atoms with Gasteiger partial charge in [-0.3, -0.25) is 19.9 Å². The molecule has 0 saturated carbocycles. The molecule has 4 rings (SSSR count). The molecule has 0 saturated heterocycles. The Balaban J connectivity index is 1.74. The Morgan fingerprint density at radius 3 is 2.72 bits per heavy atom. The summed E-state index contributed by atoms with van der Waals surface area (Å²) in [6.45, 7) is 0.217. The molecule has 0 unspecified atom stereocenters. The Labute approximate surface area is 169 Å². The summed E-state index contributed by atoms with van der Waals surface area (Å²) in [6, 6.07) is 13.6. The fraction of sp³-hybridized carbons (Fsp3) is 0.105. The summed E-state index contributed by atoms with van der Waals surface area (Å²) in [5, 5.41) is 16.1. The second-order valence-corrected chi connectivity index (χ2v) is 6.81. The van der Waals surface area contributed by atoms with E-state index in [1.54, 1.807) is 16.6 Å². The summed E-state index contributed by atoms with van der Waals surface area (Å²) in [5.41, 5.74) is 1.34. The van der Waals surface area contributed by atoms with Gasteiger partial charge in [0.2, 0.25) is 5.95 Å². The maximum absolute atomic E-state index is 12.5. The molecular formula is C19H15ClN6O3. The molecule has 4 aromatic rings. The van der Waals surface area contributed by atoms with Crippen LogP contribution in [0.15, 0.2) is 59.5 Å². The number of H-pyrrole nitrogens is 1. The van der Waals surface area contributed by atoms with Crippen molar-refractivity contribution in [3.8, 4) is 5.69 Å². The van der Waals surface area contributed by atoms with Gasteiger partial charge in [0.1, 0.15) is 5.39 Å². The first-order valence-electron chi connectivity index (χ1n) is 8.61. The normalized spacial score (nSPS) is 11.0. The molecule has 0 radical (unpaired) electrons. The molecule has 0 aliphatic carbocycles. The van der Waals surface area contributed by atoms with Gasteiger partial charge < -0.3 is 4.90 Å². The summed E-state index contributed by atoms with van der Waals surface area (Å²) in [5.74, 6) is 0.294. The third-order valence-electron chi connectivity index (χ3n) is 4.44. The standard InChI is InChI=1S/C19H15ClN6O3/c1-24(11-12-9-14(26(28)29)7-8-16(12)20)19-22-17-15(18(27)23-19)10-21-25(17)13-5-3-2-4-6-13/h2-10H,11H2,1H3,(H,22,23,27). The van der Waals surface area contributed by atoms with Gasteiger partial charge in [-0.05, 0) is 23.8 Å². The van der Waals surface area contributed by atoms with Crippen molar-refractivity contribution in [2.75, 3.05) is 11.9 Å². The molecule has 10 heteroatoms. The van der Waals surface area contributed by atoms with Crippen molar-refractivity contribution in [1.29, 1.82) is 0 Å². The van der Waals surface area contributed by atoms with Gasteiger partial charge in [0.05, 0.1) is 16.8 Å². The molecule has 0 spiro atoms. The number of non-ortho nitro benzene ring substituents is 1. The zero-order chi connectivity index (χ0) is 20.5. The second kappa shape index (κ2) is 7.36. The number of rotatable bonds is 5. The van der Waals surface area contributed by atoms with Crippen molar-refractivity contribution in [3.05, 3.63) is 85.8 Å². The first-order valence-corrected chi connectivity index (χ1v) is 8.99. The van der Waals surface area contributed by atoms with E-state index in [0.29, 0.717) is 27.6 Å². The summed E-state index contributed by atoms with van der Waals surface area (Å²) < 4.78 is 1.59.